The maximum absolute atomic E-state index is 12.0. The monoisotopic (exact) mass is 342 g/mol. The number of rotatable bonds is 5. The van der Waals surface area contributed by atoms with Gasteiger partial charge in [-0.25, -0.2) is 9.69 Å². The Labute approximate surface area is 127 Å². The van der Waals surface area contributed by atoms with E-state index in [0.29, 0.717) is 0 Å². The van der Waals surface area contributed by atoms with Crippen LogP contribution in [-0.2, 0) is 4.79 Å². The van der Waals surface area contributed by atoms with Crippen LogP contribution in [0.15, 0.2) is 28.7 Å². The number of halogens is 1. The Bertz CT molecular complexity index is 474. The second-order valence-electron chi connectivity index (χ2n) is 4.90. The van der Waals surface area contributed by atoms with Crippen LogP contribution >= 0.6 is 15.9 Å². The summed E-state index contributed by atoms with van der Waals surface area (Å²) in [6.07, 6.45) is -1.08. The zero-order chi connectivity index (χ0) is 15.3. The molecule has 0 unspecified atom stereocenters. The molecular weight excluding hydrogens is 324 g/mol. The van der Waals surface area contributed by atoms with E-state index in [-0.39, 0.29) is 18.5 Å². The number of imide groups is 1. The first kappa shape index (κ1) is 16.5. The summed E-state index contributed by atoms with van der Waals surface area (Å²) in [5, 5.41) is 12.2. The molecule has 0 aromatic heterocycles. The van der Waals surface area contributed by atoms with Crippen molar-refractivity contribution in [2.24, 2.45) is 0 Å². The molecule has 0 aliphatic heterocycles. The molecular formula is C14H19BrN2O3. The number of carbonyl (C=O) groups excluding carboxylic acids is 1. The number of nitrogens with one attached hydrogen (secondary N) is 1. The molecule has 0 aliphatic carbocycles. The minimum absolute atomic E-state index is 0.126. The SMILES string of the molecule is CC(C)N(C(=O)O)C(=O)C[C@H](C)Nc1ccc(Br)cc1. The summed E-state index contributed by atoms with van der Waals surface area (Å²) in [5.74, 6) is -0.399. The molecule has 0 radical (unpaired) electrons. The Kier molecular flexibility index (Phi) is 6.01. The van der Waals surface area contributed by atoms with E-state index in [9.17, 15) is 9.59 Å². The smallest absolute Gasteiger partial charge is 0.414 e. The second kappa shape index (κ2) is 7.28. The van der Waals surface area contributed by atoms with Gasteiger partial charge in [0.15, 0.2) is 0 Å². The van der Waals surface area contributed by atoms with Crippen molar-refractivity contribution in [3.63, 3.8) is 0 Å². The molecule has 1 aromatic rings. The molecule has 0 heterocycles. The fourth-order valence-electron chi connectivity index (χ4n) is 1.86. The summed E-state index contributed by atoms with van der Waals surface area (Å²) >= 11 is 3.35. The highest BCUT2D eigenvalue weighted by Gasteiger charge is 2.24. The third-order valence-corrected chi connectivity index (χ3v) is 3.26. The Morgan fingerprint density at radius 2 is 1.80 bits per heavy atom. The van der Waals surface area contributed by atoms with Gasteiger partial charge < -0.3 is 10.4 Å². The quantitative estimate of drug-likeness (QED) is 0.858. The van der Waals surface area contributed by atoms with Crippen LogP contribution in [0.1, 0.15) is 27.2 Å². The lowest BCUT2D eigenvalue weighted by Gasteiger charge is -2.23. The van der Waals surface area contributed by atoms with Crippen molar-refractivity contribution in [2.45, 2.75) is 39.3 Å². The predicted molar refractivity (Wildman–Crippen MR) is 81.9 cm³/mol. The number of anilines is 1. The number of carbonyl (C=O) groups is 2. The van der Waals surface area contributed by atoms with Crippen LogP contribution in [0.25, 0.3) is 0 Å². The van der Waals surface area contributed by atoms with Gasteiger partial charge in [-0.15, -0.1) is 0 Å². The van der Waals surface area contributed by atoms with Gasteiger partial charge in [0, 0.05) is 28.7 Å². The van der Waals surface area contributed by atoms with Gasteiger partial charge in [0.2, 0.25) is 5.91 Å². The first-order chi connectivity index (χ1) is 9.31. The third-order valence-electron chi connectivity index (χ3n) is 2.73. The molecule has 2 N–H and O–H groups in total. The number of benzene rings is 1. The van der Waals surface area contributed by atoms with Gasteiger partial charge in [0.25, 0.3) is 0 Å². The summed E-state index contributed by atoms with van der Waals surface area (Å²) < 4.78 is 0.976. The van der Waals surface area contributed by atoms with E-state index in [2.05, 4.69) is 21.2 Å². The number of carboxylic acid groups (broad SMARTS) is 1. The summed E-state index contributed by atoms with van der Waals surface area (Å²) in [4.78, 5) is 23.9. The van der Waals surface area contributed by atoms with E-state index >= 15 is 0 Å². The van der Waals surface area contributed by atoms with Crippen molar-refractivity contribution < 1.29 is 14.7 Å². The highest BCUT2D eigenvalue weighted by Crippen LogP contribution is 2.16. The van der Waals surface area contributed by atoms with Crippen LogP contribution in [0.5, 0.6) is 0 Å². The highest BCUT2D eigenvalue weighted by atomic mass is 79.9. The van der Waals surface area contributed by atoms with Crippen LogP contribution in [0, 0.1) is 0 Å². The zero-order valence-corrected chi connectivity index (χ0v) is 13.3. The molecule has 0 bridgehead atoms. The first-order valence-electron chi connectivity index (χ1n) is 6.38. The minimum atomic E-state index is -1.21. The average Bonchev–Trinajstić information content (AvgIpc) is 2.30. The Morgan fingerprint density at radius 1 is 1.25 bits per heavy atom. The van der Waals surface area contributed by atoms with Gasteiger partial charge in [0.1, 0.15) is 0 Å². The Balaban J connectivity index is 2.61. The van der Waals surface area contributed by atoms with E-state index in [1.165, 1.54) is 0 Å². The van der Waals surface area contributed by atoms with Gasteiger partial charge in [-0.3, -0.25) is 4.79 Å². The largest absolute Gasteiger partial charge is 0.465 e. The lowest BCUT2D eigenvalue weighted by molar-refractivity contribution is -0.130. The molecule has 0 fully saturated rings. The maximum atomic E-state index is 12.0. The second-order valence-corrected chi connectivity index (χ2v) is 5.81. The summed E-state index contributed by atoms with van der Waals surface area (Å²) in [6, 6.07) is 7.07. The molecule has 0 saturated carbocycles. The van der Waals surface area contributed by atoms with Gasteiger partial charge >= 0.3 is 6.09 Å². The number of nitrogens with zero attached hydrogens (tertiary/aromatic N) is 1. The highest BCUT2D eigenvalue weighted by molar-refractivity contribution is 9.10. The lowest BCUT2D eigenvalue weighted by atomic mass is 10.2. The lowest BCUT2D eigenvalue weighted by Crippen LogP contribution is -2.42. The van der Waals surface area contributed by atoms with Gasteiger partial charge in [-0.05, 0) is 45.0 Å². The van der Waals surface area contributed by atoms with E-state index in [0.717, 1.165) is 15.1 Å². The van der Waals surface area contributed by atoms with Crippen LogP contribution in [0.4, 0.5) is 10.5 Å². The van der Waals surface area contributed by atoms with Crippen LogP contribution in [0.2, 0.25) is 0 Å². The zero-order valence-electron chi connectivity index (χ0n) is 11.8. The summed E-state index contributed by atoms with van der Waals surface area (Å²) in [7, 11) is 0. The van der Waals surface area contributed by atoms with Gasteiger partial charge in [0.05, 0.1) is 0 Å². The van der Waals surface area contributed by atoms with E-state index < -0.39 is 12.0 Å². The Morgan fingerprint density at radius 3 is 2.25 bits per heavy atom. The van der Waals surface area contributed by atoms with Crippen molar-refractivity contribution >= 4 is 33.6 Å². The van der Waals surface area contributed by atoms with E-state index in [1.807, 2.05) is 31.2 Å². The summed E-state index contributed by atoms with van der Waals surface area (Å²) in [5.41, 5.74) is 0.889. The molecule has 0 saturated heterocycles. The number of hydrogen-bond donors (Lipinski definition) is 2. The van der Waals surface area contributed by atoms with E-state index in [4.69, 9.17) is 5.11 Å². The molecule has 110 valence electrons. The van der Waals surface area contributed by atoms with Crippen molar-refractivity contribution in [1.29, 1.82) is 0 Å². The molecule has 0 spiro atoms. The van der Waals surface area contributed by atoms with Crippen molar-refractivity contribution in [3.05, 3.63) is 28.7 Å². The minimum Gasteiger partial charge on any atom is -0.465 e. The first-order valence-corrected chi connectivity index (χ1v) is 7.17. The normalized spacial score (nSPS) is 12.1. The van der Waals surface area contributed by atoms with Crippen LogP contribution in [0.3, 0.4) is 0 Å². The molecule has 1 atom stereocenters. The summed E-state index contributed by atoms with van der Waals surface area (Å²) in [6.45, 7) is 5.21. The van der Waals surface area contributed by atoms with Crippen molar-refractivity contribution in [3.8, 4) is 0 Å². The van der Waals surface area contributed by atoms with Crippen LogP contribution < -0.4 is 5.32 Å². The predicted octanol–water partition coefficient (Wildman–Crippen LogP) is 3.55. The van der Waals surface area contributed by atoms with Crippen LogP contribution in [-0.4, -0.2) is 34.1 Å². The number of amides is 2. The fourth-order valence-corrected chi connectivity index (χ4v) is 2.12. The molecule has 6 heteroatoms. The van der Waals surface area contributed by atoms with Gasteiger partial charge in [-0.2, -0.15) is 0 Å². The van der Waals surface area contributed by atoms with Gasteiger partial charge in [-0.1, -0.05) is 15.9 Å². The maximum Gasteiger partial charge on any atom is 0.414 e. The molecule has 2 amide bonds. The topological polar surface area (TPSA) is 69.6 Å². The Hall–Kier alpha value is -1.56. The average molecular weight is 343 g/mol. The number of hydrogen-bond acceptors (Lipinski definition) is 3. The fraction of sp³-hybridized carbons (Fsp3) is 0.429. The van der Waals surface area contributed by atoms with Crippen molar-refractivity contribution in [2.75, 3.05) is 5.32 Å². The van der Waals surface area contributed by atoms with Crippen molar-refractivity contribution in [1.82, 2.24) is 4.90 Å². The van der Waals surface area contributed by atoms with E-state index in [1.54, 1.807) is 13.8 Å². The molecule has 0 aliphatic rings. The third kappa shape index (κ3) is 4.85. The molecule has 5 nitrogen and oxygen atoms in total. The molecule has 1 aromatic carbocycles. The molecule has 1 rings (SSSR count). The molecule has 20 heavy (non-hydrogen) atoms. The standard InChI is InChI=1S/C14H19BrN2O3/c1-9(2)17(14(19)20)13(18)8-10(3)16-12-6-4-11(15)5-7-12/h4-7,9-10,16H,8H2,1-3H3,(H,19,20)/t10-/m0/s1.